The Bertz CT molecular complexity index is 820. The van der Waals surface area contributed by atoms with Gasteiger partial charge in [-0.1, -0.05) is 60.7 Å². The van der Waals surface area contributed by atoms with E-state index in [9.17, 15) is 4.79 Å². The van der Waals surface area contributed by atoms with E-state index in [0.717, 1.165) is 11.1 Å². The van der Waals surface area contributed by atoms with Crippen LogP contribution >= 0.6 is 0 Å². The first-order valence-corrected chi connectivity index (χ1v) is 8.90. The van der Waals surface area contributed by atoms with E-state index in [1.54, 1.807) is 0 Å². The maximum atomic E-state index is 13.0. The molecule has 3 rings (SSSR count). The molecule has 1 amide bonds. The second kappa shape index (κ2) is 9.05. The number of carbonyl (C=O) groups is 1. The molecular formula is C20H24N6O. The molecule has 0 bridgehead atoms. The number of likely N-dealkylation sites (N-methyl/N-ethyl adjacent to an activating group) is 1. The fourth-order valence-electron chi connectivity index (χ4n) is 3.04. The topological polar surface area (TPSA) is 75.9 Å². The van der Waals surface area contributed by atoms with E-state index in [1.165, 1.54) is 11.0 Å². The van der Waals surface area contributed by atoms with Crippen LogP contribution in [-0.4, -0.2) is 51.7 Å². The summed E-state index contributed by atoms with van der Waals surface area (Å²) in [5.41, 5.74) is 2.21. The summed E-state index contributed by atoms with van der Waals surface area (Å²) in [6, 6.07) is 19.6. The van der Waals surface area contributed by atoms with Gasteiger partial charge in [-0.3, -0.25) is 4.79 Å². The van der Waals surface area contributed by atoms with Crippen molar-refractivity contribution in [1.82, 2.24) is 30.4 Å². The average Bonchev–Trinajstić information content (AvgIpc) is 3.22. The Morgan fingerprint density at radius 2 is 1.74 bits per heavy atom. The molecule has 1 heterocycles. The third-order valence-corrected chi connectivity index (χ3v) is 4.54. The van der Waals surface area contributed by atoms with E-state index in [4.69, 9.17) is 0 Å². The zero-order valence-electron chi connectivity index (χ0n) is 15.6. The van der Waals surface area contributed by atoms with Crippen molar-refractivity contribution in [3.8, 4) is 0 Å². The standard InChI is InChI=1S/C20H24N6O/c1-25(2)19(17-11-7-4-8-12-17)14-21-20(27)18(26-15-22-23-24-26)13-16-9-5-3-6-10-16/h3-12,15,18-19H,13-14H2,1-2H3,(H,21,27). The number of nitrogens with zero attached hydrogens (tertiary/aromatic N) is 5. The zero-order valence-corrected chi connectivity index (χ0v) is 15.6. The highest BCUT2D eigenvalue weighted by atomic mass is 16.2. The number of tetrazole rings is 1. The lowest BCUT2D eigenvalue weighted by Gasteiger charge is -2.26. The minimum atomic E-state index is -0.499. The van der Waals surface area contributed by atoms with Gasteiger partial charge in [0, 0.05) is 13.0 Å². The molecule has 27 heavy (non-hydrogen) atoms. The quantitative estimate of drug-likeness (QED) is 0.660. The van der Waals surface area contributed by atoms with Gasteiger partial charge in [-0.25, -0.2) is 4.68 Å². The van der Waals surface area contributed by atoms with Crippen LogP contribution in [0.4, 0.5) is 0 Å². The van der Waals surface area contributed by atoms with Gasteiger partial charge in [0.05, 0.1) is 6.04 Å². The summed E-state index contributed by atoms with van der Waals surface area (Å²) in [7, 11) is 4.01. The second-order valence-electron chi connectivity index (χ2n) is 6.63. The predicted octanol–water partition coefficient (Wildman–Crippen LogP) is 1.88. The van der Waals surface area contributed by atoms with Crippen LogP contribution in [0.2, 0.25) is 0 Å². The van der Waals surface area contributed by atoms with Crippen molar-refractivity contribution in [2.75, 3.05) is 20.6 Å². The largest absolute Gasteiger partial charge is 0.352 e. The van der Waals surface area contributed by atoms with Crippen LogP contribution in [0, 0.1) is 0 Å². The van der Waals surface area contributed by atoms with E-state index in [0.29, 0.717) is 13.0 Å². The van der Waals surface area contributed by atoms with Crippen LogP contribution in [0.25, 0.3) is 0 Å². The fraction of sp³-hybridized carbons (Fsp3) is 0.300. The molecule has 7 heteroatoms. The first kappa shape index (κ1) is 18.7. The van der Waals surface area contributed by atoms with E-state index >= 15 is 0 Å². The van der Waals surface area contributed by atoms with Crippen molar-refractivity contribution in [2.45, 2.75) is 18.5 Å². The summed E-state index contributed by atoms with van der Waals surface area (Å²) < 4.78 is 1.51. The van der Waals surface area contributed by atoms with Crippen LogP contribution in [0.3, 0.4) is 0 Å². The first-order valence-electron chi connectivity index (χ1n) is 8.90. The smallest absolute Gasteiger partial charge is 0.245 e. The Morgan fingerprint density at radius 1 is 1.07 bits per heavy atom. The molecule has 0 spiro atoms. The van der Waals surface area contributed by atoms with Gasteiger partial charge in [0.1, 0.15) is 12.4 Å². The highest BCUT2D eigenvalue weighted by Gasteiger charge is 2.24. The molecule has 1 N–H and O–H groups in total. The van der Waals surface area contributed by atoms with Crippen molar-refractivity contribution in [3.63, 3.8) is 0 Å². The monoisotopic (exact) mass is 364 g/mol. The van der Waals surface area contributed by atoms with E-state index in [-0.39, 0.29) is 11.9 Å². The van der Waals surface area contributed by atoms with Crippen LogP contribution in [0.15, 0.2) is 67.0 Å². The first-order chi connectivity index (χ1) is 13.1. The van der Waals surface area contributed by atoms with Crippen molar-refractivity contribution in [3.05, 3.63) is 78.1 Å². The van der Waals surface area contributed by atoms with E-state index in [1.807, 2.05) is 62.6 Å². The van der Waals surface area contributed by atoms with Crippen molar-refractivity contribution in [1.29, 1.82) is 0 Å². The molecule has 0 radical (unpaired) electrons. The number of amides is 1. The lowest BCUT2D eigenvalue weighted by molar-refractivity contribution is -0.124. The third kappa shape index (κ3) is 4.98. The van der Waals surface area contributed by atoms with Crippen molar-refractivity contribution < 1.29 is 4.79 Å². The van der Waals surface area contributed by atoms with Gasteiger partial charge in [-0.15, -0.1) is 5.10 Å². The minimum absolute atomic E-state index is 0.0846. The van der Waals surface area contributed by atoms with E-state index < -0.39 is 6.04 Å². The van der Waals surface area contributed by atoms with Gasteiger partial charge in [-0.2, -0.15) is 0 Å². The maximum Gasteiger partial charge on any atom is 0.245 e. The number of nitrogens with one attached hydrogen (secondary N) is 1. The molecule has 1 aromatic heterocycles. The molecule has 2 atom stereocenters. The lowest BCUT2D eigenvalue weighted by Crippen LogP contribution is -2.39. The third-order valence-electron chi connectivity index (χ3n) is 4.54. The molecule has 3 aromatic rings. The Kier molecular flexibility index (Phi) is 6.27. The summed E-state index contributed by atoms with van der Waals surface area (Å²) in [4.78, 5) is 15.1. The van der Waals surface area contributed by atoms with Crippen molar-refractivity contribution >= 4 is 5.91 Å². The van der Waals surface area contributed by atoms with Gasteiger partial charge in [-0.05, 0) is 35.6 Å². The molecule has 0 aliphatic heterocycles. The molecule has 7 nitrogen and oxygen atoms in total. The lowest BCUT2D eigenvalue weighted by atomic mass is 10.0. The highest BCUT2D eigenvalue weighted by molar-refractivity contribution is 5.80. The predicted molar refractivity (Wildman–Crippen MR) is 103 cm³/mol. The number of hydrogen-bond donors (Lipinski definition) is 1. The van der Waals surface area contributed by atoms with Gasteiger partial charge >= 0.3 is 0 Å². The zero-order chi connectivity index (χ0) is 19.1. The van der Waals surface area contributed by atoms with Gasteiger partial charge in [0.2, 0.25) is 5.91 Å². The fourth-order valence-corrected chi connectivity index (χ4v) is 3.04. The molecular weight excluding hydrogens is 340 g/mol. The molecule has 2 aromatic carbocycles. The van der Waals surface area contributed by atoms with Gasteiger partial charge in [0.15, 0.2) is 0 Å². The summed E-state index contributed by atoms with van der Waals surface area (Å²) in [6.07, 6.45) is 2.00. The number of benzene rings is 2. The van der Waals surface area contributed by atoms with Crippen LogP contribution in [0.1, 0.15) is 23.2 Å². The molecule has 0 fully saturated rings. The van der Waals surface area contributed by atoms with Crippen molar-refractivity contribution in [2.24, 2.45) is 0 Å². The number of aromatic nitrogens is 4. The Balaban J connectivity index is 1.72. The number of hydrogen-bond acceptors (Lipinski definition) is 5. The van der Waals surface area contributed by atoms with Gasteiger partial charge < -0.3 is 10.2 Å². The Morgan fingerprint density at radius 3 is 2.33 bits per heavy atom. The maximum absolute atomic E-state index is 13.0. The molecule has 140 valence electrons. The summed E-state index contributed by atoms with van der Waals surface area (Å²) in [5, 5.41) is 14.4. The molecule has 0 saturated heterocycles. The van der Waals surface area contributed by atoms with Crippen LogP contribution < -0.4 is 5.32 Å². The average molecular weight is 364 g/mol. The minimum Gasteiger partial charge on any atom is -0.352 e. The second-order valence-corrected chi connectivity index (χ2v) is 6.63. The van der Waals surface area contributed by atoms with Gasteiger partial charge in [0.25, 0.3) is 0 Å². The molecule has 0 aliphatic carbocycles. The van der Waals surface area contributed by atoms with E-state index in [2.05, 4.69) is 37.9 Å². The number of carbonyl (C=O) groups excluding carboxylic acids is 1. The van der Waals surface area contributed by atoms with Crippen LogP contribution in [0.5, 0.6) is 0 Å². The molecule has 0 saturated carbocycles. The van der Waals surface area contributed by atoms with Crippen LogP contribution in [-0.2, 0) is 11.2 Å². The summed E-state index contributed by atoms with van der Waals surface area (Å²) in [6.45, 7) is 0.503. The molecule has 2 unspecified atom stereocenters. The Labute approximate surface area is 159 Å². The summed E-state index contributed by atoms with van der Waals surface area (Å²) >= 11 is 0. The highest BCUT2D eigenvalue weighted by Crippen LogP contribution is 2.18. The molecule has 0 aliphatic rings. The summed E-state index contributed by atoms with van der Waals surface area (Å²) in [5.74, 6) is -0.103. The normalized spacial score (nSPS) is 13.3. The number of rotatable bonds is 8. The SMILES string of the molecule is CN(C)C(CNC(=O)C(Cc1ccccc1)n1cnnn1)c1ccccc1. The Hall–Kier alpha value is -3.06.